The average molecular weight is 1210 g/mol. The minimum Gasteiger partial charge on any atom is -0.508 e. The second-order valence-electron chi connectivity index (χ2n) is 22.4. The van der Waals surface area contributed by atoms with E-state index in [0.717, 1.165) is 77.5 Å². The van der Waals surface area contributed by atoms with E-state index in [1.807, 2.05) is 48.5 Å². The molecule has 26 nitrogen and oxygen atoms in total. The zero-order valence-electron chi connectivity index (χ0n) is 48.6. The molecule has 3 heterocycles. The maximum absolute atomic E-state index is 14.7. The van der Waals surface area contributed by atoms with E-state index in [-0.39, 0.29) is 16.9 Å². The van der Waals surface area contributed by atoms with Crippen LogP contribution in [-0.2, 0) is 33.5 Å². The van der Waals surface area contributed by atoms with Crippen LogP contribution in [0.4, 0.5) is 0 Å². The molecule has 7 amide bonds. The number of hydrogen-bond acceptors (Lipinski definition) is 19. The third-order valence-corrected chi connectivity index (χ3v) is 15.8. The molecule has 0 aromatic heterocycles. The number of rotatable bonds is 18. The Labute approximate surface area is 502 Å². The number of aliphatic hydroxyl groups is 9. The summed E-state index contributed by atoms with van der Waals surface area (Å²) in [6, 6.07) is 14.4. The SMILES string of the molecule is CCCCCOc1ccc(-c2ccc(-c3ccc(C(=O)N[C@H]4C[C@@H](O)C(OC(CO)CO)NC(=O)C5[C@@H](O)[C@@H](C)CN5C(=O)C([C@@H](C)O)NC(=O)C([C@H](O)[C@@H](O)c5ccc(O)cc5)NC(=O)C5C[C@@H](O)CN5C(=O)C([C@@H](C)O)NC4=O)cc3)cc2)cc1. The van der Waals surface area contributed by atoms with E-state index in [1.165, 1.54) is 31.2 Å². The van der Waals surface area contributed by atoms with Crippen molar-refractivity contribution in [3.8, 4) is 33.8 Å². The van der Waals surface area contributed by atoms with Crippen LogP contribution in [0.3, 0.4) is 0 Å². The predicted molar refractivity (Wildman–Crippen MR) is 310 cm³/mol. The molecule has 3 saturated heterocycles. The van der Waals surface area contributed by atoms with Gasteiger partial charge in [0.1, 0.15) is 72.2 Å². The molecule has 87 heavy (non-hydrogen) atoms. The molecule has 0 aliphatic carbocycles. The Bertz CT molecular complexity index is 2990. The van der Waals surface area contributed by atoms with Crippen LogP contribution in [0.15, 0.2) is 97.1 Å². The highest BCUT2D eigenvalue weighted by Crippen LogP contribution is 2.30. The molecule has 3 fully saturated rings. The summed E-state index contributed by atoms with van der Waals surface area (Å²) in [6.07, 6.45) is -15.2. The molecule has 0 saturated carbocycles. The van der Waals surface area contributed by atoms with Crippen LogP contribution in [0.2, 0.25) is 0 Å². The van der Waals surface area contributed by atoms with Crippen molar-refractivity contribution in [3.05, 3.63) is 108 Å². The molecule has 0 bridgehead atoms. The van der Waals surface area contributed by atoms with E-state index >= 15 is 0 Å². The van der Waals surface area contributed by atoms with Gasteiger partial charge in [0.05, 0.1) is 44.2 Å². The largest absolute Gasteiger partial charge is 0.508 e. The lowest BCUT2D eigenvalue weighted by atomic mass is 9.96. The lowest BCUT2D eigenvalue weighted by molar-refractivity contribution is -0.154. The molecule has 6 unspecified atom stereocenters. The summed E-state index contributed by atoms with van der Waals surface area (Å²) in [4.78, 5) is 103. The van der Waals surface area contributed by atoms with E-state index in [4.69, 9.17) is 9.47 Å². The number of phenols is 1. The van der Waals surface area contributed by atoms with Gasteiger partial charge in [-0.1, -0.05) is 87.4 Å². The molecule has 15 N–H and O–H groups in total. The Balaban J connectivity index is 1.23. The quantitative estimate of drug-likeness (QED) is 0.0502. The standard InChI is InChI=1S/C61H79N7O19/c1-5-6-7-24-86-42-22-18-37(19-23-42)35-10-8-34(9-11-35)36-12-14-39(15-13-36)54(79)62-44-26-46(75)59(87-43(29-69)30-70)66-58(83)50-51(76)31(2)27-68(50)61(85)48(33(4)72)64-57(82)49(53(78)52(77)38-16-20-40(73)21-17-38)65-56(81)45-25-41(74)28-67(45)60(84)47(32(3)71)63-55(44)80/h8-23,31-33,41,43-53,59,69-78H,5-7,24-30H2,1-4H3,(H,62,79)(H,63,80)(H,64,82)(H,65,81)(H,66,83)/t31-,32+,33+,41+,44-,45?,46+,47?,48?,49?,50?,51-,52-,53-,59?/m0/s1. The van der Waals surface area contributed by atoms with E-state index in [9.17, 15) is 84.6 Å². The lowest BCUT2D eigenvalue weighted by Crippen LogP contribution is -2.64. The first-order valence-corrected chi connectivity index (χ1v) is 28.9. The Morgan fingerprint density at radius 2 is 1.17 bits per heavy atom. The normalized spacial score (nSPS) is 26.7. The number of benzene rings is 4. The monoisotopic (exact) mass is 1210 g/mol. The van der Waals surface area contributed by atoms with Crippen LogP contribution >= 0.6 is 0 Å². The first kappa shape index (κ1) is 66.9. The minimum absolute atomic E-state index is 0.0154. The van der Waals surface area contributed by atoms with Crippen molar-refractivity contribution in [3.63, 3.8) is 0 Å². The predicted octanol–water partition coefficient (Wildman–Crippen LogP) is -1.55. The first-order valence-electron chi connectivity index (χ1n) is 28.9. The van der Waals surface area contributed by atoms with Crippen LogP contribution in [0.25, 0.3) is 22.3 Å². The number of phenolic OH excluding ortho intramolecular Hbond substituents is 1. The summed E-state index contributed by atoms with van der Waals surface area (Å²) in [5.74, 6) is -8.88. The summed E-state index contributed by atoms with van der Waals surface area (Å²) in [5.41, 5.74) is 3.27. The molecule has 3 aliphatic rings. The van der Waals surface area contributed by atoms with Gasteiger partial charge >= 0.3 is 0 Å². The topological polar surface area (TPSA) is 407 Å². The van der Waals surface area contributed by atoms with Gasteiger partial charge in [-0.3, -0.25) is 33.6 Å². The zero-order chi connectivity index (χ0) is 63.4. The number of ether oxygens (including phenoxy) is 2. The molecule has 7 rings (SSSR count). The van der Waals surface area contributed by atoms with Gasteiger partial charge in [-0.05, 0) is 84.5 Å². The van der Waals surface area contributed by atoms with Gasteiger partial charge in [0.15, 0.2) is 6.23 Å². The van der Waals surface area contributed by atoms with Crippen molar-refractivity contribution >= 4 is 41.4 Å². The Hall–Kier alpha value is -7.63. The molecule has 0 radical (unpaired) electrons. The number of nitrogens with one attached hydrogen (secondary N) is 5. The fourth-order valence-corrected chi connectivity index (χ4v) is 10.7. The molecule has 26 heteroatoms. The Kier molecular flexibility index (Phi) is 23.3. The highest BCUT2D eigenvalue weighted by atomic mass is 16.5. The molecule has 0 spiro atoms. The van der Waals surface area contributed by atoms with Crippen molar-refractivity contribution < 1.29 is 94.1 Å². The molecule has 3 aliphatic heterocycles. The van der Waals surface area contributed by atoms with Gasteiger partial charge in [-0.2, -0.15) is 0 Å². The molecule has 4 aromatic carbocycles. The number of amides is 7. The number of hydrogen-bond donors (Lipinski definition) is 15. The number of fused-ring (bicyclic) bond motifs is 2. The van der Waals surface area contributed by atoms with Gasteiger partial charge < -0.3 is 96.9 Å². The fraction of sp³-hybridized carbons (Fsp3) is 0.492. The third kappa shape index (κ3) is 16.5. The molecular formula is C61H79N7O19. The fourth-order valence-electron chi connectivity index (χ4n) is 10.7. The van der Waals surface area contributed by atoms with Crippen molar-refractivity contribution in [1.29, 1.82) is 0 Å². The third-order valence-electron chi connectivity index (χ3n) is 15.8. The Morgan fingerprint density at radius 1 is 0.644 bits per heavy atom. The van der Waals surface area contributed by atoms with Gasteiger partial charge in [-0.15, -0.1) is 0 Å². The second kappa shape index (κ2) is 30.3. The summed E-state index contributed by atoms with van der Waals surface area (Å²) < 4.78 is 11.6. The number of carbonyl (C=O) groups is 7. The average Bonchev–Trinajstić information content (AvgIpc) is 1.95. The molecule has 472 valence electrons. The van der Waals surface area contributed by atoms with Crippen LogP contribution in [0.1, 0.15) is 81.8 Å². The maximum atomic E-state index is 14.7. The van der Waals surface area contributed by atoms with Gasteiger partial charge in [0, 0.05) is 37.4 Å². The van der Waals surface area contributed by atoms with Crippen molar-refractivity contribution in [2.24, 2.45) is 5.92 Å². The smallest absolute Gasteiger partial charge is 0.251 e. The summed E-state index contributed by atoms with van der Waals surface area (Å²) in [6.45, 7) is 3.54. The zero-order valence-corrected chi connectivity index (χ0v) is 48.6. The second-order valence-corrected chi connectivity index (χ2v) is 22.4. The number of nitrogens with zero attached hydrogens (tertiary/aromatic N) is 2. The summed E-state index contributed by atoms with van der Waals surface area (Å²) in [5, 5.41) is 122. The number of aromatic hydroxyl groups is 1. The minimum atomic E-state index is -2.32. The first-order chi connectivity index (χ1) is 41.4. The van der Waals surface area contributed by atoms with Crippen molar-refractivity contribution in [2.75, 3.05) is 32.9 Å². The number of aliphatic hydroxyl groups excluding tert-OH is 9. The van der Waals surface area contributed by atoms with Crippen molar-refractivity contribution in [2.45, 2.75) is 151 Å². The van der Waals surface area contributed by atoms with Crippen LogP contribution < -0.4 is 31.3 Å². The van der Waals surface area contributed by atoms with E-state index < -0.39 is 178 Å². The van der Waals surface area contributed by atoms with E-state index in [1.54, 1.807) is 12.1 Å². The van der Waals surface area contributed by atoms with Gasteiger partial charge in [0.2, 0.25) is 35.4 Å². The Morgan fingerprint density at radius 3 is 1.72 bits per heavy atom. The molecule has 4 aromatic rings. The highest BCUT2D eigenvalue weighted by molar-refractivity contribution is 6.00. The summed E-state index contributed by atoms with van der Waals surface area (Å²) >= 11 is 0. The van der Waals surface area contributed by atoms with Crippen LogP contribution in [0.5, 0.6) is 11.5 Å². The number of unbranched alkanes of at least 4 members (excludes halogenated alkanes) is 2. The lowest BCUT2D eigenvalue weighted by Gasteiger charge is -2.34. The van der Waals surface area contributed by atoms with Gasteiger partial charge in [0.25, 0.3) is 5.91 Å². The van der Waals surface area contributed by atoms with Crippen molar-refractivity contribution in [1.82, 2.24) is 36.4 Å². The van der Waals surface area contributed by atoms with E-state index in [0.29, 0.717) is 12.2 Å². The summed E-state index contributed by atoms with van der Waals surface area (Å²) in [7, 11) is 0. The molecular weight excluding hydrogens is 1130 g/mol. The maximum Gasteiger partial charge on any atom is 0.251 e. The molecule has 15 atom stereocenters. The van der Waals surface area contributed by atoms with Crippen LogP contribution in [-0.4, -0.2) is 220 Å². The van der Waals surface area contributed by atoms with Gasteiger partial charge in [-0.25, -0.2) is 0 Å². The van der Waals surface area contributed by atoms with E-state index in [2.05, 4.69) is 33.5 Å². The van der Waals surface area contributed by atoms with Crippen LogP contribution in [0, 0.1) is 5.92 Å². The number of carbonyl (C=O) groups excluding carboxylic acids is 7. The highest BCUT2D eigenvalue weighted by Gasteiger charge is 2.50.